The van der Waals surface area contributed by atoms with Crippen molar-refractivity contribution in [1.29, 1.82) is 0 Å². The van der Waals surface area contributed by atoms with Crippen molar-refractivity contribution in [3.05, 3.63) is 0 Å². The Morgan fingerprint density at radius 2 is 1.55 bits per heavy atom. The Kier molecular flexibility index (Phi) is 3.86. The van der Waals surface area contributed by atoms with E-state index in [2.05, 4.69) is 0 Å². The van der Waals surface area contributed by atoms with Crippen LogP contribution in [0.15, 0.2) is 0 Å². The van der Waals surface area contributed by atoms with Crippen LogP contribution in [0.4, 0.5) is 13.5 Å². The van der Waals surface area contributed by atoms with Crippen molar-refractivity contribution in [2.45, 2.75) is 38.2 Å². The fourth-order valence-corrected chi connectivity index (χ4v) is 1.45. The summed E-state index contributed by atoms with van der Waals surface area (Å²) < 4.78 is 24.3. The van der Waals surface area contributed by atoms with Gasteiger partial charge in [0.1, 0.15) is 0 Å². The van der Waals surface area contributed by atoms with Crippen LogP contribution < -0.4 is 0 Å². The van der Waals surface area contributed by atoms with Crippen LogP contribution in [0.1, 0.15) is 32.1 Å². The molecule has 0 spiro atoms. The van der Waals surface area contributed by atoms with Crippen molar-refractivity contribution in [3.8, 4) is 0 Å². The molecule has 4 heteroatoms. The topological polar surface area (TPSA) is 20.2 Å². The molecule has 1 aliphatic carbocycles. The van der Waals surface area contributed by atoms with E-state index in [0.29, 0.717) is 12.8 Å². The van der Waals surface area contributed by atoms with Gasteiger partial charge in [0.15, 0.2) is 0 Å². The molecule has 68 valence electrons. The number of aliphatic hydroxyl groups is 1. The maximum Gasteiger partial charge on any atom is 0.356 e. The lowest BCUT2D eigenvalue weighted by atomic mass is 9.88. The third kappa shape index (κ3) is 3.10. The van der Waals surface area contributed by atoms with Crippen LogP contribution >= 0.6 is 0 Å². The van der Waals surface area contributed by atoms with E-state index in [9.17, 15) is 8.78 Å². The largest absolute Gasteiger partial charge is 0.356 e. The second-order valence-corrected chi connectivity index (χ2v) is 2.92. The summed E-state index contributed by atoms with van der Waals surface area (Å²) in [5, 5.41) is 8.31. The van der Waals surface area contributed by atoms with Crippen LogP contribution in [0.3, 0.4) is 0 Å². The molecule has 0 aromatic carbocycles. The van der Waals surface area contributed by atoms with E-state index in [-0.39, 0.29) is 4.70 Å². The third-order valence-corrected chi connectivity index (χ3v) is 2.10. The molecule has 1 N–H and O–H groups in total. The molecular formula is C7H13F3O. The Labute approximate surface area is 63.8 Å². The van der Waals surface area contributed by atoms with E-state index in [0.717, 1.165) is 19.3 Å². The Bertz CT molecular complexity index is 105. The van der Waals surface area contributed by atoms with E-state index in [1.807, 2.05) is 0 Å². The summed E-state index contributed by atoms with van der Waals surface area (Å²) in [5.74, 6) is -0.777. The van der Waals surface area contributed by atoms with Gasteiger partial charge in [-0.05, 0) is 12.8 Å². The number of halogens is 3. The minimum atomic E-state index is -3.43. The molecule has 0 bridgehead atoms. The Morgan fingerprint density at radius 3 is 1.82 bits per heavy atom. The predicted octanol–water partition coefficient (Wildman–Crippen LogP) is 2.30. The van der Waals surface area contributed by atoms with Gasteiger partial charge in [-0.3, -0.25) is 4.70 Å². The molecule has 0 heterocycles. The van der Waals surface area contributed by atoms with E-state index in [1.165, 1.54) is 0 Å². The summed E-state index contributed by atoms with van der Waals surface area (Å²) in [7, 11) is 0. The molecule has 1 nitrogen and oxygen atoms in total. The van der Waals surface area contributed by atoms with Gasteiger partial charge in [-0.25, -0.2) is 0 Å². The molecule has 1 saturated carbocycles. The molecule has 0 saturated heterocycles. The van der Waals surface area contributed by atoms with Gasteiger partial charge in [0, 0.05) is 0 Å². The maximum atomic E-state index is 12.2. The fraction of sp³-hybridized carbons (Fsp3) is 1.00. The second-order valence-electron chi connectivity index (χ2n) is 2.92. The second kappa shape index (κ2) is 3.95. The standard InChI is InChI=1S/C7H12F2O.FH/c8-7(9,10)6-4-2-1-3-5-6;/h6,10H,1-5H2;1H. The molecule has 0 aromatic rings. The Morgan fingerprint density at radius 1 is 1.09 bits per heavy atom. The summed E-state index contributed by atoms with van der Waals surface area (Å²) in [6, 6.07) is 0. The normalized spacial score (nSPS) is 21.0. The highest BCUT2D eigenvalue weighted by Crippen LogP contribution is 2.34. The molecule has 1 fully saturated rings. The predicted molar refractivity (Wildman–Crippen MR) is 36.2 cm³/mol. The van der Waals surface area contributed by atoms with Crippen molar-refractivity contribution in [2.24, 2.45) is 5.92 Å². The van der Waals surface area contributed by atoms with Crippen molar-refractivity contribution in [3.63, 3.8) is 0 Å². The number of rotatable bonds is 1. The first-order valence-electron chi connectivity index (χ1n) is 3.71. The molecule has 0 amide bonds. The van der Waals surface area contributed by atoms with Gasteiger partial charge in [-0.15, -0.1) is 0 Å². The molecule has 1 rings (SSSR count). The lowest BCUT2D eigenvalue weighted by Gasteiger charge is -2.25. The van der Waals surface area contributed by atoms with Gasteiger partial charge in [0.25, 0.3) is 0 Å². The van der Waals surface area contributed by atoms with Gasteiger partial charge in [0.2, 0.25) is 0 Å². The zero-order valence-corrected chi connectivity index (χ0v) is 6.22. The Hall–Kier alpha value is -0.250. The molecule has 0 aliphatic heterocycles. The van der Waals surface area contributed by atoms with Crippen LogP contribution in [0.25, 0.3) is 0 Å². The molecule has 0 atom stereocenters. The highest BCUT2D eigenvalue weighted by Gasteiger charge is 2.37. The Balaban J connectivity index is 0.000001000. The van der Waals surface area contributed by atoms with Crippen LogP contribution in [0, 0.1) is 5.92 Å². The maximum absolute atomic E-state index is 12.2. The van der Waals surface area contributed by atoms with Gasteiger partial charge in [-0.1, -0.05) is 19.3 Å². The zero-order chi connectivity index (χ0) is 7.61. The first-order valence-corrected chi connectivity index (χ1v) is 3.71. The van der Waals surface area contributed by atoms with Crippen molar-refractivity contribution >= 4 is 0 Å². The first-order chi connectivity index (χ1) is 4.61. The summed E-state index contributed by atoms with van der Waals surface area (Å²) in [4.78, 5) is 0. The molecule has 0 aromatic heterocycles. The molecule has 0 unspecified atom stereocenters. The van der Waals surface area contributed by atoms with Crippen LogP contribution in [-0.2, 0) is 0 Å². The number of hydrogen-bond donors (Lipinski definition) is 1. The molecule has 11 heavy (non-hydrogen) atoms. The van der Waals surface area contributed by atoms with Gasteiger partial charge < -0.3 is 5.11 Å². The van der Waals surface area contributed by atoms with E-state index < -0.39 is 12.0 Å². The average Bonchev–Trinajstić information content (AvgIpc) is 1.88. The monoisotopic (exact) mass is 170 g/mol. The van der Waals surface area contributed by atoms with E-state index >= 15 is 0 Å². The highest BCUT2D eigenvalue weighted by atomic mass is 19.3. The van der Waals surface area contributed by atoms with E-state index in [4.69, 9.17) is 5.11 Å². The third-order valence-electron chi connectivity index (χ3n) is 2.10. The lowest BCUT2D eigenvalue weighted by molar-refractivity contribution is -0.242. The zero-order valence-electron chi connectivity index (χ0n) is 6.22. The molecule has 0 radical (unpaired) electrons. The summed E-state index contributed by atoms with van der Waals surface area (Å²) >= 11 is 0. The first kappa shape index (κ1) is 10.8. The number of alkyl halides is 2. The lowest BCUT2D eigenvalue weighted by Crippen LogP contribution is -2.29. The minimum Gasteiger partial charge on any atom is -0.336 e. The highest BCUT2D eigenvalue weighted by molar-refractivity contribution is 4.71. The number of hydrogen-bond acceptors (Lipinski definition) is 1. The quantitative estimate of drug-likeness (QED) is 0.640. The minimum absolute atomic E-state index is 0. The van der Waals surface area contributed by atoms with Crippen molar-refractivity contribution in [1.82, 2.24) is 0 Å². The van der Waals surface area contributed by atoms with Gasteiger partial charge >= 0.3 is 6.11 Å². The fourth-order valence-electron chi connectivity index (χ4n) is 1.45. The van der Waals surface area contributed by atoms with Crippen molar-refractivity contribution < 1.29 is 18.6 Å². The van der Waals surface area contributed by atoms with Gasteiger partial charge in [0.05, 0.1) is 5.92 Å². The average molecular weight is 170 g/mol. The van der Waals surface area contributed by atoms with Gasteiger partial charge in [-0.2, -0.15) is 8.78 Å². The summed E-state index contributed by atoms with van der Waals surface area (Å²) in [5.41, 5.74) is 0. The smallest absolute Gasteiger partial charge is 0.336 e. The van der Waals surface area contributed by atoms with Crippen LogP contribution in [-0.4, -0.2) is 11.2 Å². The molecule has 1 aliphatic rings. The van der Waals surface area contributed by atoms with Crippen LogP contribution in [0.5, 0.6) is 0 Å². The SMILES string of the molecule is F.OC(F)(F)C1CCCCC1. The van der Waals surface area contributed by atoms with Crippen molar-refractivity contribution in [2.75, 3.05) is 0 Å². The van der Waals surface area contributed by atoms with E-state index in [1.54, 1.807) is 0 Å². The summed E-state index contributed by atoms with van der Waals surface area (Å²) in [6.07, 6.45) is 0.224. The molecular weight excluding hydrogens is 157 g/mol. The summed E-state index contributed by atoms with van der Waals surface area (Å²) in [6.45, 7) is 0. The van der Waals surface area contributed by atoms with Crippen LogP contribution in [0.2, 0.25) is 0 Å².